The molecule has 0 aromatic heterocycles. The fourth-order valence-corrected chi connectivity index (χ4v) is 3.33. The lowest BCUT2D eigenvalue weighted by Crippen LogP contribution is -2.34. The number of imide groups is 1. The lowest BCUT2D eigenvalue weighted by Gasteiger charge is -2.18. The zero-order valence-corrected chi connectivity index (χ0v) is 16.4. The average molecular weight is 400 g/mol. The van der Waals surface area contributed by atoms with Crippen LogP contribution < -0.4 is 15.0 Å². The van der Waals surface area contributed by atoms with E-state index in [0.717, 1.165) is 16.2 Å². The Morgan fingerprint density at radius 2 is 1.47 bits per heavy atom. The number of carbonyl (C=O) groups is 3. The van der Waals surface area contributed by atoms with Crippen LogP contribution in [0.25, 0.3) is 0 Å². The minimum absolute atomic E-state index is 0.252. The number of amides is 3. The molecule has 150 valence electrons. The number of hydrogen-bond acceptors (Lipinski definition) is 4. The van der Waals surface area contributed by atoms with Crippen molar-refractivity contribution in [3.05, 3.63) is 95.1 Å². The zero-order chi connectivity index (χ0) is 21.1. The first kappa shape index (κ1) is 19.4. The summed E-state index contributed by atoms with van der Waals surface area (Å²) in [7, 11) is 0. The summed E-state index contributed by atoms with van der Waals surface area (Å²) in [5, 5.41) is 2.78. The Morgan fingerprint density at radius 1 is 0.867 bits per heavy atom. The summed E-state index contributed by atoms with van der Waals surface area (Å²) >= 11 is 0. The van der Waals surface area contributed by atoms with Crippen molar-refractivity contribution in [2.45, 2.75) is 6.92 Å². The van der Waals surface area contributed by atoms with E-state index in [4.69, 9.17) is 4.74 Å². The maximum absolute atomic E-state index is 12.8. The van der Waals surface area contributed by atoms with Crippen LogP contribution >= 0.6 is 0 Å². The molecule has 0 spiro atoms. The number of ether oxygens (including phenoxy) is 1. The molecular formula is C24H20N2O4. The molecule has 3 amide bonds. The van der Waals surface area contributed by atoms with Crippen molar-refractivity contribution in [2.75, 3.05) is 18.1 Å². The minimum Gasteiger partial charge on any atom is -0.492 e. The number of hydrogen-bond donors (Lipinski definition) is 1. The molecule has 30 heavy (non-hydrogen) atoms. The van der Waals surface area contributed by atoms with Gasteiger partial charge in [0.05, 0.1) is 28.9 Å². The highest BCUT2D eigenvalue weighted by Gasteiger charge is 2.37. The predicted octanol–water partition coefficient (Wildman–Crippen LogP) is 3.60. The second-order valence-corrected chi connectivity index (χ2v) is 6.93. The lowest BCUT2D eigenvalue weighted by molar-refractivity contribution is 0.0926. The smallest absolute Gasteiger partial charge is 0.266 e. The van der Waals surface area contributed by atoms with Gasteiger partial charge in [-0.1, -0.05) is 42.0 Å². The SMILES string of the molecule is Cc1ccc(OCCNC(=O)c2ccccc2N2C(=O)c3ccccc3C2=O)cc1. The van der Waals surface area contributed by atoms with Gasteiger partial charge in [0.2, 0.25) is 0 Å². The highest BCUT2D eigenvalue weighted by Crippen LogP contribution is 2.30. The molecule has 0 aliphatic carbocycles. The molecule has 6 heteroatoms. The van der Waals surface area contributed by atoms with Gasteiger partial charge >= 0.3 is 0 Å². The molecular weight excluding hydrogens is 380 g/mol. The van der Waals surface area contributed by atoms with E-state index >= 15 is 0 Å². The number of benzene rings is 3. The van der Waals surface area contributed by atoms with Gasteiger partial charge in [-0.15, -0.1) is 0 Å². The number of carbonyl (C=O) groups excluding carboxylic acids is 3. The van der Waals surface area contributed by atoms with Crippen molar-refractivity contribution in [3.8, 4) is 5.75 Å². The summed E-state index contributed by atoms with van der Waals surface area (Å²) in [6, 6.07) is 20.9. The van der Waals surface area contributed by atoms with Gasteiger partial charge in [-0.3, -0.25) is 14.4 Å². The maximum Gasteiger partial charge on any atom is 0.266 e. The van der Waals surface area contributed by atoms with Crippen LogP contribution in [0.5, 0.6) is 5.75 Å². The molecule has 0 fully saturated rings. The molecule has 1 heterocycles. The Hall–Kier alpha value is -3.93. The fraction of sp³-hybridized carbons (Fsp3) is 0.125. The summed E-state index contributed by atoms with van der Waals surface area (Å²) in [6.45, 7) is 2.57. The Kier molecular flexibility index (Phi) is 5.30. The maximum atomic E-state index is 12.8. The molecule has 1 aliphatic rings. The summed E-state index contributed by atoms with van der Waals surface area (Å²) in [6.07, 6.45) is 0. The molecule has 1 aliphatic heterocycles. The van der Waals surface area contributed by atoms with Crippen LogP contribution in [0.1, 0.15) is 36.6 Å². The largest absolute Gasteiger partial charge is 0.492 e. The van der Waals surface area contributed by atoms with E-state index in [0.29, 0.717) is 17.7 Å². The Balaban J connectivity index is 1.46. The second kappa shape index (κ2) is 8.21. The second-order valence-electron chi connectivity index (χ2n) is 6.93. The predicted molar refractivity (Wildman–Crippen MR) is 113 cm³/mol. The molecule has 0 atom stereocenters. The van der Waals surface area contributed by atoms with Gasteiger partial charge in [0.25, 0.3) is 17.7 Å². The third-order valence-electron chi connectivity index (χ3n) is 4.86. The van der Waals surface area contributed by atoms with Crippen LogP contribution in [-0.4, -0.2) is 30.9 Å². The summed E-state index contributed by atoms with van der Waals surface area (Å²) in [5.41, 5.74) is 2.33. The van der Waals surface area contributed by atoms with Crippen LogP contribution in [0.4, 0.5) is 5.69 Å². The highest BCUT2D eigenvalue weighted by atomic mass is 16.5. The minimum atomic E-state index is -0.432. The number of aryl methyl sites for hydroxylation is 1. The van der Waals surface area contributed by atoms with Crippen molar-refractivity contribution in [1.82, 2.24) is 5.32 Å². The van der Waals surface area contributed by atoms with E-state index in [1.807, 2.05) is 31.2 Å². The molecule has 0 radical (unpaired) electrons. The Morgan fingerprint density at radius 3 is 2.13 bits per heavy atom. The quantitative estimate of drug-likeness (QED) is 0.507. The van der Waals surface area contributed by atoms with Gasteiger partial charge in [0.1, 0.15) is 12.4 Å². The van der Waals surface area contributed by atoms with Gasteiger partial charge in [-0.2, -0.15) is 0 Å². The van der Waals surface area contributed by atoms with Crippen LogP contribution in [0.2, 0.25) is 0 Å². The molecule has 3 aromatic rings. The first-order valence-corrected chi connectivity index (χ1v) is 9.61. The molecule has 1 N–H and O–H groups in total. The third-order valence-corrected chi connectivity index (χ3v) is 4.86. The molecule has 0 unspecified atom stereocenters. The molecule has 4 rings (SSSR count). The van der Waals surface area contributed by atoms with Crippen molar-refractivity contribution >= 4 is 23.4 Å². The van der Waals surface area contributed by atoms with Gasteiger partial charge in [0.15, 0.2) is 0 Å². The van der Waals surface area contributed by atoms with E-state index in [1.165, 1.54) is 0 Å². The topological polar surface area (TPSA) is 75.7 Å². The molecule has 6 nitrogen and oxygen atoms in total. The summed E-state index contributed by atoms with van der Waals surface area (Å²) < 4.78 is 5.62. The number of nitrogens with zero attached hydrogens (tertiary/aromatic N) is 1. The monoisotopic (exact) mass is 400 g/mol. The molecule has 0 saturated carbocycles. The van der Waals surface area contributed by atoms with Gasteiger partial charge in [-0.05, 0) is 43.3 Å². The van der Waals surface area contributed by atoms with Crippen molar-refractivity contribution in [3.63, 3.8) is 0 Å². The summed E-state index contributed by atoms with van der Waals surface area (Å²) in [4.78, 5) is 39.4. The number of para-hydroxylation sites is 1. The van der Waals surface area contributed by atoms with Gasteiger partial charge in [0, 0.05) is 0 Å². The Labute approximate surface area is 174 Å². The zero-order valence-electron chi connectivity index (χ0n) is 16.4. The lowest BCUT2D eigenvalue weighted by atomic mass is 10.1. The Bertz CT molecular complexity index is 1090. The number of rotatable bonds is 6. The average Bonchev–Trinajstić information content (AvgIpc) is 3.03. The third kappa shape index (κ3) is 3.67. The summed E-state index contributed by atoms with van der Waals surface area (Å²) in [5.74, 6) is -0.520. The number of fused-ring (bicyclic) bond motifs is 1. The van der Waals surface area contributed by atoms with Crippen LogP contribution in [-0.2, 0) is 0 Å². The normalized spacial score (nSPS) is 12.6. The van der Waals surface area contributed by atoms with Crippen molar-refractivity contribution < 1.29 is 19.1 Å². The molecule has 3 aromatic carbocycles. The first-order valence-electron chi connectivity index (χ1n) is 9.61. The van der Waals surface area contributed by atoms with Crippen LogP contribution in [0.3, 0.4) is 0 Å². The molecule has 0 saturated heterocycles. The van der Waals surface area contributed by atoms with E-state index < -0.39 is 11.8 Å². The highest BCUT2D eigenvalue weighted by molar-refractivity contribution is 6.35. The first-order chi connectivity index (χ1) is 14.6. The van der Waals surface area contributed by atoms with Gasteiger partial charge < -0.3 is 10.1 Å². The fourth-order valence-electron chi connectivity index (χ4n) is 3.33. The van der Waals surface area contributed by atoms with Crippen LogP contribution in [0, 0.1) is 6.92 Å². The molecule has 0 bridgehead atoms. The number of nitrogens with one attached hydrogen (secondary N) is 1. The van der Waals surface area contributed by atoms with Gasteiger partial charge in [-0.25, -0.2) is 4.90 Å². The van der Waals surface area contributed by atoms with Crippen LogP contribution in [0.15, 0.2) is 72.8 Å². The number of anilines is 1. The van der Waals surface area contributed by atoms with Crippen molar-refractivity contribution in [2.24, 2.45) is 0 Å². The van der Waals surface area contributed by atoms with E-state index in [2.05, 4.69) is 5.32 Å². The van der Waals surface area contributed by atoms with Crippen molar-refractivity contribution in [1.29, 1.82) is 0 Å². The standard InChI is InChI=1S/C24H20N2O4/c1-16-10-12-17(13-11-16)30-15-14-25-22(27)20-8-4-5-9-21(20)26-23(28)18-6-2-3-7-19(18)24(26)29/h2-13H,14-15H2,1H3,(H,25,27). The van der Waals surface area contributed by atoms with E-state index in [-0.39, 0.29) is 23.7 Å². The van der Waals surface area contributed by atoms with E-state index in [1.54, 1.807) is 48.5 Å². The van der Waals surface area contributed by atoms with E-state index in [9.17, 15) is 14.4 Å².